The van der Waals surface area contributed by atoms with E-state index in [1.165, 1.54) is 32.1 Å². The predicted molar refractivity (Wildman–Crippen MR) is 142 cm³/mol. The van der Waals surface area contributed by atoms with Gasteiger partial charge in [0.25, 0.3) is 0 Å². The van der Waals surface area contributed by atoms with Crippen LogP contribution in [-0.2, 0) is 15.9 Å². The maximum atomic E-state index is 5.64. The zero-order valence-corrected chi connectivity index (χ0v) is 22.3. The Morgan fingerprint density at radius 2 is 1.64 bits per heavy atom. The van der Waals surface area contributed by atoms with E-state index in [0.717, 1.165) is 96.9 Å². The number of hydrogen-bond acceptors (Lipinski definition) is 6. The van der Waals surface area contributed by atoms with Crippen molar-refractivity contribution in [2.75, 3.05) is 78.8 Å². The molecule has 0 unspecified atom stereocenters. The van der Waals surface area contributed by atoms with Crippen LogP contribution in [-0.4, -0.2) is 100 Å². The van der Waals surface area contributed by atoms with Crippen LogP contribution < -0.4 is 10.6 Å². The number of nitrogens with one attached hydrogen (secondary N) is 2. The van der Waals surface area contributed by atoms with Gasteiger partial charge in [-0.15, -0.1) is 24.0 Å². The molecule has 0 atom stereocenters. The smallest absolute Gasteiger partial charge is 0.191 e. The molecule has 2 saturated heterocycles. The number of ether oxygens (including phenoxy) is 2. The first-order valence-corrected chi connectivity index (χ1v) is 12.5. The molecule has 0 bridgehead atoms. The van der Waals surface area contributed by atoms with Crippen LogP contribution >= 0.6 is 24.0 Å². The van der Waals surface area contributed by atoms with E-state index >= 15 is 0 Å². The summed E-state index contributed by atoms with van der Waals surface area (Å²) in [4.78, 5) is 10.2. The number of hydrogen-bond donors (Lipinski definition) is 2. The first-order valence-electron chi connectivity index (χ1n) is 12.5. The number of morpholine rings is 2. The summed E-state index contributed by atoms with van der Waals surface area (Å²) in [6.45, 7) is 11.0. The quantitative estimate of drug-likeness (QED) is 0.266. The van der Waals surface area contributed by atoms with Crippen LogP contribution in [0.4, 0.5) is 0 Å². The van der Waals surface area contributed by atoms with Gasteiger partial charge < -0.3 is 24.5 Å². The van der Waals surface area contributed by atoms with Gasteiger partial charge in [0.2, 0.25) is 0 Å². The summed E-state index contributed by atoms with van der Waals surface area (Å²) in [6, 6.07) is 3.97. The van der Waals surface area contributed by atoms with E-state index < -0.39 is 0 Å². The normalized spacial score (nSPS) is 22.5. The van der Waals surface area contributed by atoms with Crippen molar-refractivity contribution in [3.63, 3.8) is 0 Å². The molecule has 3 heterocycles. The first-order chi connectivity index (χ1) is 15.8. The molecule has 0 amide bonds. The Bertz CT molecular complexity index is 670. The Morgan fingerprint density at radius 3 is 2.33 bits per heavy atom. The minimum Gasteiger partial charge on any atom is -0.469 e. The highest BCUT2D eigenvalue weighted by molar-refractivity contribution is 14.0. The summed E-state index contributed by atoms with van der Waals surface area (Å²) in [5.74, 6) is 1.92. The van der Waals surface area contributed by atoms with E-state index in [1.807, 2.05) is 12.1 Å². The molecule has 8 nitrogen and oxygen atoms in total. The van der Waals surface area contributed by atoms with Crippen LogP contribution in [0.25, 0.3) is 0 Å². The standard InChI is InChI=1S/C24H41N5O3.HI/c1-2-7-24(8-3-1,29-14-19-31-20-15-29)21-27-23(25-9-6-22-5-4-16-32-22)26-10-11-28-12-17-30-18-13-28;/h4-5,16H,1-3,6-15,17-21H2,(H2,25,26,27);1H. The molecule has 1 saturated carbocycles. The fourth-order valence-electron chi connectivity index (χ4n) is 5.14. The average molecular weight is 576 g/mol. The Hall–Kier alpha value is -0.880. The zero-order chi connectivity index (χ0) is 21.9. The molecular formula is C24H42IN5O3. The van der Waals surface area contributed by atoms with Gasteiger partial charge in [0, 0.05) is 57.8 Å². The summed E-state index contributed by atoms with van der Waals surface area (Å²) >= 11 is 0. The van der Waals surface area contributed by atoms with Crippen molar-refractivity contribution in [2.24, 2.45) is 4.99 Å². The molecule has 3 aliphatic rings. The van der Waals surface area contributed by atoms with Crippen LogP contribution in [0, 0.1) is 0 Å². The van der Waals surface area contributed by atoms with Crippen molar-refractivity contribution in [3.05, 3.63) is 24.2 Å². The van der Waals surface area contributed by atoms with Gasteiger partial charge in [-0.1, -0.05) is 19.3 Å². The molecule has 188 valence electrons. The van der Waals surface area contributed by atoms with Gasteiger partial charge >= 0.3 is 0 Å². The van der Waals surface area contributed by atoms with Crippen LogP contribution in [0.15, 0.2) is 27.8 Å². The van der Waals surface area contributed by atoms with E-state index in [9.17, 15) is 0 Å². The van der Waals surface area contributed by atoms with Crippen molar-refractivity contribution < 1.29 is 13.9 Å². The van der Waals surface area contributed by atoms with Gasteiger partial charge in [0.15, 0.2) is 5.96 Å². The second kappa shape index (κ2) is 14.5. The molecule has 1 aliphatic carbocycles. The molecule has 33 heavy (non-hydrogen) atoms. The lowest BCUT2D eigenvalue weighted by Gasteiger charge is -2.47. The van der Waals surface area contributed by atoms with Crippen LogP contribution in [0.2, 0.25) is 0 Å². The Kier molecular flexibility index (Phi) is 11.7. The monoisotopic (exact) mass is 575 g/mol. The SMILES string of the molecule is I.c1coc(CCNC(=NCC2(N3CCOCC3)CCCCC2)NCCN2CCOCC2)c1. The highest BCUT2D eigenvalue weighted by atomic mass is 127. The fourth-order valence-corrected chi connectivity index (χ4v) is 5.14. The van der Waals surface area contributed by atoms with Crippen LogP contribution in [0.3, 0.4) is 0 Å². The van der Waals surface area contributed by atoms with Gasteiger partial charge in [-0.3, -0.25) is 14.8 Å². The van der Waals surface area contributed by atoms with E-state index in [0.29, 0.717) is 0 Å². The predicted octanol–water partition coefficient (Wildman–Crippen LogP) is 2.34. The van der Waals surface area contributed by atoms with Crippen LogP contribution in [0.1, 0.15) is 37.9 Å². The van der Waals surface area contributed by atoms with Crippen molar-refractivity contribution in [2.45, 2.75) is 44.1 Å². The molecule has 9 heteroatoms. The molecule has 0 radical (unpaired) electrons. The number of halogens is 1. The number of guanidine groups is 1. The molecule has 1 aromatic heterocycles. The Balaban J connectivity index is 0.00000306. The summed E-state index contributed by atoms with van der Waals surface area (Å²) < 4.78 is 16.6. The number of nitrogens with zero attached hydrogens (tertiary/aromatic N) is 3. The highest BCUT2D eigenvalue weighted by Gasteiger charge is 2.38. The van der Waals surface area contributed by atoms with Gasteiger partial charge in [-0.2, -0.15) is 0 Å². The molecule has 4 rings (SSSR count). The zero-order valence-electron chi connectivity index (χ0n) is 19.9. The molecule has 2 aliphatic heterocycles. The molecule has 3 fully saturated rings. The van der Waals surface area contributed by atoms with Crippen molar-refractivity contribution in [3.8, 4) is 0 Å². The molecule has 0 aromatic carbocycles. The first kappa shape index (κ1) is 26.7. The lowest BCUT2D eigenvalue weighted by atomic mass is 9.80. The number of rotatable bonds is 9. The third-order valence-corrected chi connectivity index (χ3v) is 7.07. The third-order valence-electron chi connectivity index (χ3n) is 7.07. The minimum atomic E-state index is 0. The number of furan rings is 1. The van der Waals surface area contributed by atoms with Gasteiger partial charge in [0.1, 0.15) is 5.76 Å². The van der Waals surface area contributed by atoms with Crippen molar-refractivity contribution >= 4 is 29.9 Å². The minimum absolute atomic E-state index is 0. The van der Waals surface area contributed by atoms with E-state index in [-0.39, 0.29) is 29.5 Å². The van der Waals surface area contributed by atoms with Crippen LogP contribution in [0.5, 0.6) is 0 Å². The summed E-state index contributed by atoms with van der Waals surface area (Å²) in [5.41, 5.74) is 0.182. The van der Waals surface area contributed by atoms with Gasteiger partial charge in [-0.05, 0) is 25.0 Å². The molecular weight excluding hydrogens is 533 g/mol. The highest BCUT2D eigenvalue weighted by Crippen LogP contribution is 2.34. The lowest BCUT2D eigenvalue weighted by Crippen LogP contribution is -2.56. The van der Waals surface area contributed by atoms with Gasteiger partial charge in [-0.25, -0.2) is 0 Å². The second-order valence-corrected chi connectivity index (χ2v) is 9.19. The van der Waals surface area contributed by atoms with E-state index in [4.69, 9.17) is 18.9 Å². The summed E-state index contributed by atoms with van der Waals surface area (Å²) in [5, 5.41) is 7.14. The van der Waals surface area contributed by atoms with Crippen molar-refractivity contribution in [1.82, 2.24) is 20.4 Å². The van der Waals surface area contributed by atoms with Gasteiger partial charge in [0.05, 0.1) is 39.2 Å². The summed E-state index contributed by atoms with van der Waals surface area (Å²) in [6.07, 6.45) is 9.03. The van der Waals surface area contributed by atoms with E-state index in [1.54, 1.807) is 6.26 Å². The Labute approximate surface area is 215 Å². The maximum absolute atomic E-state index is 5.64. The molecule has 1 aromatic rings. The number of aliphatic imine (C=N–C) groups is 1. The topological polar surface area (TPSA) is 74.5 Å². The lowest BCUT2D eigenvalue weighted by molar-refractivity contribution is -0.0333. The third kappa shape index (κ3) is 8.38. The average Bonchev–Trinajstić information content (AvgIpc) is 3.38. The Morgan fingerprint density at radius 1 is 0.939 bits per heavy atom. The summed E-state index contributed by atoms with van der Waals surface area (Å²) in [7, 11) is 0. The molecule has 0 spiro atoms. The van der Waals surface area contributed by atoms with E-state index in [2.05, 4.69) is 20.4 Å². The van der Waals surface area contributed by atoms with Crippen molar-refractivity contribution in [1.29, 1.82) is 0 Å². The largest absolute Gasteiger partial charge is 0.469 e. The maximum Gasteiger partial charge on any atom is 0.191 e. The fraction of sp³-hybridized carbons (Fsp3) is 0.792. The molecule has 2 N–H and O–H groups in total. The second-order valence-electron chi connectivity index (χ2n) is 9.19.